The van der Waals surface area contributed by atoms with E-state index in [4.69, 9.17) is 23.2 Å². The molecule has 0 bridgehead atoms. The van der Waals surface area contributed by atoms with E-state index in [2.05, 4.69) is 0 Å². The van der Waals surface area contributed by atoms with Gasteiger partial charge in [0.05, 0.1) is 0 Å². The van der Waals surface area contributed by atoms with Crippen LogP contribution in [-0.4, -0.2) is 29.6 Å². The van der Waals surface area contributed by atoms with Gasteiger partial charge in [-0.2, -0.15) is 27.0 Å². The molecule has 0 aliphatic rings. The molecule has 1 rings (SSSR count). The average Bonchev–Trinajstić information content (AvgIpc) is 1.77. The summed E-state index contributed by atoms with van der Waals surface area (Å²) < 4.78 is 0. The Kier molecular flexibility index (Phi) is 16.0. The normalized spacial score (nSPS) is 6.73. The van der Waals surface area contributed by atoms with Gasteiger partial charge in [-0.25, -0.2) is 0 Å². The van der Waals surface area contributed by atoms with Gasteiger partial charge < -0.3 is 0 Å². The van der Waals surface area contributed by atoms with Crippen LogP contribution in [0.3, 0.4) is 0 Å². The van der Waals surface area contributed by atoms with E-state index in [1.807, 2.05) is 0 Å². The summed E-state index contributed by atoms with van der Waals surface area (Å²) in [6.45, 7) is 0. The zero-order valence-electron chi connectivity index (χ0n) is 5.07. The van der Waals surface area contributed by atoms with Gasteiger partial charge in [0.2, 0.25) is 0 Å². The molecule has 1 aromatic carbocycles. The molecular weight excluding hydrogens is 230 g/mol. The summed E-state index contributed by atoms with van der Waals surface area (Å²) in [5.74, 6) is 0. The molecular formula is C6H9Cl2NaS2. The molecule has 11 heavy (non-hydrogen) atoms. The van der Waals surface area contributed by atoms with Gasteiger partial charge in [0.25, 0.3) is 0 Å². The molecule has 0 radical (unpaired) electrons. The van der Waals surface area contributed by atoms with Crippen molar-refractivity contribution in [2.75, 3.05) is 0 Å². The molecule has 0 aromatic heterocycles. The molecule has 0 fully saturated rings. The molecule has 0 nitrogen and oxygen atoms in total. The Bertz CT molecular complexity index is 157. The number of halogens is 2. The Morgan fingerprint density at radius 3 is 1.09 bits per heavy atom. The summed E-state index contributed by atoms with van der Waals surface area (Å²) in [5.41, 5.74) is 0. The summed E-state index contributed by atoms with van der Waals surface area (Å²) in [7, 11) is 0. The van der Waals surface area contributed by atoms with Crippen LogP contribution in [0.15, 0.2) is 24.3 Å². The third-order valence-corrected chi connectivity index (χ3v) is 1.31. The first-order chi connectivity index (χ1) is 3.79. The van der Waals surface area contributed by atoms with Gasteiger partial charge >= 0.3 is 29.6 Å². The zero-order valence-corrected chi connectivity index (χ0v) is 8.58. The predicted molar refractivity (Wildman–Crippen MR) is 64.4 cm³/mol. The van der Waals surface area contributed by atoms with E-state index < -0.39 is 0 Å². The minimum atomic E-state index is 0. The minimum absolute atomic E-state index is 0. The first-order valence-electron chi connectivity index (χ1n) is 2.20. The Hall–Kier alpha value is 1.50. The molecule has 1 aromatic rings. The maximum atomic E-state index is 5.55. The van der Waals surface area contributed by atoms with Crippen molar-refractivity contribution in [2.24, 2.45) is 0 Å². The van der Waals surface area contributed by atoms with Crippen LogP contribution in [0.1, 0.15) is 0 Å². The fraction of sp³-hybridized carbons (Fsp3) is 0. The summed E-state index contributed by atoms with van der Waals surface area (Å²) >= 11 is 11.1. The summed E-state index contributed by atoms with van der Waals surface area (Å²) in [5, 5.41) is 1.43. The van der Waals surface area contributed by atoms with Crippen LogP contribution < -0.4 is 0 Å². The average molecular weight is 239 g/mol. The van der Waals surface area contributed by atoms with E-state index >= 15 is 0 Å². The standard InChI is InChI=1S/C6H4Cl2.Na.2H2S.H/c7-5-1-2-6(8)4-3-5;;;;/h1-4H;;2*1H2;. The van der Waals surface area contributed by atoms with Gasteiger partial charge in [-0.3, -0.25) is 0 Å². The number of benzene rings is 1. The maximum absolute atomic E-state index is 5.55. The van der Waals surface area contributed by atoms with Gasteiger partial charge in [0, 0.05) is 10.0 Å². The van der Waals surface area contributed by atoms with Crippen molar-refractivity contribution >= 4 is 79.8 Å². The third-order valence-electron chi connectivity index (χ3n) is 0.804. The topological polar surface area (TPSA) is 0 Å². The summed E-state index contributed by atoms with van der Waals surface area (Å²) in [6.07, 6.45) is 0. The first kappa shape index (κ1) is 18.3. The predicted octanol–water partition coefficient (Wildman–Crippen LogP) is 2.57. The molecule has 0 aliphatic carbocycles. The van der Waals surface area contributed by atoms with Gasteiger partial charge in [-0.15, -0.1) is 0 Å². The second-order valence-electron chi connectivity index (χ2n) is 1.44. The summed E-state index contributed by atoms with van der Waals surface area (Å²) in [6, 6.07) is 7.02. The third kappa shape index (κ3) is 7.85. The van der Waals surface area contributed by atoms with Crippen molar-refractivity contribution in [3.8, 4) is 0 Å². The van der Waals surface area contributed by atoms with Crippen molar-refractivity contribution in [2.45, 2.75) is 0 Å². The van der Waals surface area contributed by atoms with Crippen molar-refractivity contribution in [3.05, 3.63) is 34.3 Å². The van der Waals surface area contributed by atoms with Crippen LogP contribution in [0.5, 0.6) is 0 Å². The molecule has 60 valence electrons. The van der Waals surface area contributed by atoms with E-state index in [1.54, 1.807) is 24.3 Å². The molecule has 0 saturated heterocycles. The Balaban J connectivity index is -0.000000213. The van der Waals surface area contributed by atoms with E-state index in [1.165, 1.54) is 0 Å². The molecule has 5 heteroatoms. The van der Waals surface area contributed by atoms with Crippen LogP contribution >= 0.6 is 50.2 Å². The fourth-order valence-corrected chi connectivity index (χ4v) is 0.682. The van der Waals surface area contributed by atoms with Gasteiger partial charge in [-0.1, -0.05) is 23.2 Å². The monoisotopic (exact) mass is 238 g/mol. The van der Waals surface area contributed by atoms with Gasteiger partial charge in [-0.05, 0) is 24.3 Å². The van der Waals surface area contributed by atoms with E-state index in [9.17, 15) is 0 Å². The second-order valence-corrected chi connectivity index (χ2v) is 2.31. The molecule has 0 heterocycles. The van der Waals surface area contributed by atoms with E-state index in [-0.39, 0.29) is 56.5 Å². The van der Waals surface area contributed by atoms with Crippen LogP contribution in [-0.2, 0) is 0 Å². The number of hydrogen-bond acceptors (Lipinski definition) is 0. The number of rotatable bonds is 0. The zero-order chi connectivity index (χ0) is 5.98. The molecule has 0 N–H and O–H groups in total. The van der Waals surface area contributed by atoms with E-state index in [0.717, 1.165) is 10.0 Å². The molecule has 0 amide bonds. The second kappa shape index (κ2) is 9.59. The van der Waals surface area contributed by atoms with Crippen molar-refractivity contribution in [1.82, 2.24) is 0 Å². The summed E-state index contributed by atoms with van der Waals surface area (Å²) in [4.78, 5) is 0. The van der Waals surface area contributed by atoms with Crippen LogP contribution in [0.4, 0.5) is 0 Å². The van der Waals surface area contributed by atoms with Crippen LogP contribution in [0.25, 0.3) is 0 Å². The van der Waals surface area contributed by atoms with E-state index in [0.29, 0.717) is 0 Å². The molecule has 0 spiro atoms. The van der Waals surface area contributed by atoms with Crippen LogP contribution in [0, 0.1) is 0 Å². The first-order valence-corrected chi connectivity index (χ1v) is 2.96. The SMILES string of the molecule is Clc1ccc(Cl)cc1.S.S.[NaH]. The van der Waals surface area contributed by atoms with Gasteiger partial charge in [0.15, 0.2) is 0 Å². The molecule has 0 aliphatic heterocycles. The Morgan fingerprint density at radius 1 is 0.727 bits per heavy atom. The molecule has 0 saturated carbocycles. The molecule has 0 atom stereocenters. The van der Waals surface area contributed by atoms with Crippen LogP contribution in [0.2, 0.25) is 10.0 Å². The van der Waals surface area contributed by atoms with Gasteiger partial charge in [0.1, 0.15) is 0 Å². The Labute approximate surface area is 113 Å². The molecule has 0 unspecified atom stereocenters. The Morgan fingerprint density at radius 2 is 0.909 bits per heavy atom. The van der Waals surface area contributed by atoms with Crippen molar-refractivity contribution in [1.29, 1.82) is 0 Å². The number of hydrogen-bond donors (Lipinski definition) is 0. The van der Waals surface area contributed by atoms with Crippen molar-refractivity contribution in [3.63, 3.8) is 0 Å². The van der Waals surface area contributed by atoms with Crippen molar-refractivity contribution < 1.29 is 0 Å². The quantitative estimate of drug-likeness (QED) is 0.610. The fourth-order valence-electron chi connectivity index (χ4n) is 0.430.